The number of hydrogen-bond donors (Lipinski definition) is 1. The zero-order valence-electron chi connectivity index (χ0n) is 12.9. The highest BCUT2D eigenvalue weighted by atomic mass is 35.5. The van der Waals surface area contributed by atoms with Gasteiger partial charge in [-0.3, -0.25) is 4.57 Å². The molecule has 0 aliphatic heterocycles. The van der Waals surface area contributed by atoms with E-state index in [1.165, 1.54) is 18.2 Å². The van der Waals surface area contributed by atoms with Crippen LogP contribution in [0.1, 0.15) is 25.3 Å². The summed E-state index contributed by atoms with van der Waals surface area (Å²) in [6.07, 6.45) is 5.29. The van der Waals surface area contributed by atoms with E-state index in [0.29, 0.717) is 12.0 Å². The maximum Gasteiger partial charge on any atom is 0.191 e. The van der Waals surface area contributed by atoms with E-state index in [-0.39, 0.29) is 0 Å². The van der Waals surface area contributed by atoms with E-state index in [2.05, 4.69) is 37.9 Å². The molecule has 4 nitrogen and oxygen atoms in total. The van der Waals surface area contributed by atoms with Gasteiger partial charge in [-0.25, -0.2) is 0 Å². The third kappa shape index (κ3) is 2.54. The molecule has 0 unspecified atom stereocenters. The van der Waals surface area contributed by atoms with Crippen molar-refractivity contribution in [3.8, 4) is 11.4 Å². The number of para-hydroxylation sites is 1. The van der Waals surface area contributed by atoms with Gasteiger partial charge >= 0.3 is 0 Å². The smallest absolute Gasteiger partial charge is 0.191 e. The summed E-state index contributed by atoms with van der Waals surface area (Å²) in [6, 6.07) is 8.82. The Labute approximate surface area is 153 Å². The molecule has 1 atom stereocenters. The summed E-state index contributed by atoms with van der Waals surface area (Å²) >= 11 is 14.0. The van der Waals surface area contributed by atoms with E-state index < -0.39 is 4.33 Å². The first-order valence-corrected chi connectivity index (χ1v) is 9.89. The van der Waals surface area contributed by atoms with Gasteiger partial charge < -0.3 is 4.98 Å². The molecule has 0 saturated heterocycles. The summed E-state index contributed by atoms with van der Waals surface area (Å²) in [7, 11) is 0. The molecule has 24 heavy (non-hydrogen) atoms. The van der Waals surface area contributed by atoms with Gasteiger partial charge in [-0.05, 0) is 25.3 Å². The number of rotatable bonds is 5. The Hall–Kier alpha value is -1.17. The fourth-order valence-electron chi connectivity index (χ4n) is 3.10. The van der Waals surface area contributed by atoms with E-state index in [1.54, 1.807) is 11.8 Å². The van der Waals surface area contributed by atoms with Gasteiger partial charge in [0, 0.05) is 40.4 Å². The molecule has 3 aromatic rings. The summed E-state index contributed by atoms with van der Waals surface area (Å²) in [4.78, 5) is 3.33. The minimum absolute atomic E-state index is 0.353. The van der Waals surface area contributed by atoms with Crippen LogP contribution in [-0.4, -0.2) is 29.8 Å². The maximum atomic E-state index is 6.15. The van der Waals surface area contributed by atoms with Gasteiger partial charge in [0.2, 0.25) is 0 Å². The lowest BCUT2D eigenvalue weighted by Gasteiger charge is -2.08. The number of nitrogens with zero attached hydrogens (tertiary/aromatic N) is 3. The molecule has 0 bridgehead atoms. The summed E-state index contributed by atoms with van der Waals surface area (Å²) in [6.45, 7) is 0. The lowest BCUT2D eigenvalue weighted by molar-refractivity contribution is 0.669. The highest BCUT2D eigenvalue weighted by Gasteiger charge is 2.51. The molecule has 2 aliphatic carbocycles. The lowest BCUT2D eigenvalue weighted by Crippen LogP contribution is -2.01. The SMILES string of the molecule is ClC1(Cl)C[C@H]1CSc1nnc(-c2c[nH]c3ccccc23)n1C1CC1. The molecule has 2 aromatic heterocycles. The topological polar surface area (TPSA) is 46.5 Å². The Balaban J connectivity index is 1.50. The second-order valence-corrected chi connectivity index (χ2v) is 9.16. The number of benzene rings is 1. The molecular formula is C17H16Cl2N4S. The third-order valence-corrected chi connectivity index (χ3v) is 6.81. The zero-order valence-corrected chi connectivity index (χ0v) is 15.2. The highest BCUT2D eigenvalue weighted by molar-refractivity contribution is 7.99. The third-order valence-electron chi connectivity index (χ3n) is 4.78. The quantitative estimate of drug-likeness (QED) is 0.499. The zero-order chi connectivity index (χ0) is 16.3. The van der Waals surface area contributed by atoms with E-state index >= 15 is 0 Å². The first-order chi connectivity index (χ1) is 11.6. The first kappa shape index (κ1) is 15.1. The van der Waals surface area contributed by atoms with Crippen LogP contribution in [0.25, 0.3) is 22.3 Å². The Morgan fingerprint density at radius 1 is 1.25 bits per heavy atom. The van der Waals surface area contributed by atoms with E-state index in [4.69, 9.17) is 23.2 Å². The van der Waals surface area contributed by atoms with Gasteiger partial charge in [0.1, 0.15) is 4.33 Å². The molecule has 2 heterocycles. The number of aromatic nitrogens is 4. The van der Waals surface area contributed by atoms with Crippen molar-refractivity contribution in [1.29, 1.82) is 0 Å². The number of nitrogens with one attached hydrogen (secondary N) is 1. The van der Waals surface area contributed by atoms with Crippen molar-refractivity contribution < 1.29 is 0 Å². The van der Waals surface area contributed by atoms with E-state index in [9.17, 15) is 0 Å². The van der Waals surface area contributed by atoms with Gasteiger partial charge in [0.15, 0.2) is 11.0 Å². The predicted molar refractivity (Wildman–Crippen MR) is 98.9 cm³/mol. The summed E-state index contributed by atoms with van der Waals surface area (Å²) in [5.41, 5.74) is 2.24. The number of alkyl halides is 2. The van der Waals surface area contributed by atoms with Crippen LogP contribution in [0.4, 0.5) is 0 Å². The molecule has 7 heteroatoms. The monoisotopic (exact) mass is 378 g/mol. The van der Waals surface area contributed by atoms with Crippen molar-refractivity contribution in [2.45, 2.75) is 34.8 Å². The second-order valence-electron chi connectivity index (χ2n) is 6.63. The number of hydrogen-bond acceptors (Lipinski definition) is 3. The fraction of sp³-hybridized carbons (Fsp3) is 0.412. The van der Waals surface area contributed by atoms with Crippen LogP contribution in [0.3, 0.4) is 0 Å². The summed E-state index contributed by atoms with van der Waals surface area (Å²) in [5.74, 6) is 2.20. The molecule has 1 aromatic carbocycles. The predicted octanol–water partition coefficient (Wildman–Crippen LogP) is 5.05. The van der Waals surface area contributed by atoms with Crippen LogP contribution in [-0.2, 0) is 0 Å². The number of aromatic amines is 1. The van der Waals surface area contributed by atoms with Crippen LogP contribution >= 0.6 is 35.0 Å². The fourth-order valence-corrected chi connectivity index (χ4v) is 5.04. The number of H-pyrrole nitrogens is 1. The Morgan fingerprint density at radius 3 is 2.79 bits per heavy atom. The van der Waals surface area contributed by atoms with Crippen LogP contribution in [0.15, 0.2) is 35.6 Å². The van der Waals surface area contributed by atoms with Crippen molar-refractivity contribution in [3.63, 3.8) is 0 Å². The van der Waals surface area contributed by atoms with Crippen molar-refractivity contribution in [3.05, 3.63) is 30.5 Å². The number of fused-ring (bicyclic) bond motifs is 1. The van der Waals surface area contributed by atoms with Gasteiger partial charge in [-0.15, -0.1) is 33.4 Å². The first-order valence-electron chi connectivity index (χ1n) is 8.15. The molecule has 2 fully saturated rings. The molecular weight excluding hydrogens is 363 g/mol. The molecule has 0 spiro atoms. The number of halogens is 2. The molecule has 1 N–H and O–H groups in total. The van der Waals surface area contributed by atoms with Crippen molar-refractivity contribution in [1.82, 2.24) is 19.7 Å². The van der Waals surface area contributed by atoms with Gasteiger partial charge in [-0.2, -0.15) is 0 Å². The van der Waals surface area contributed by atoms with Crippen molar-refractivity contribution in [2.75, 3.05) is 5.75 Å². The van der Waals surface area contributed by atoms with Crippen LogP contribution in [0.5, 0.6) is 0 Å². The average Bonchev–Trinajstić information content (AvgIpc) is 3.40. The summed E-state index contributed by atoms with van der Waals surface area (Å²) in [5, 5.41) is 11.1. The second kappa shape index (κ2) is 5.41. The standard InChI is InChI=1S/C17H16Cl2N4S/c18-17(19)7-10(17)9-24-16-22-21-15(23(16)11-5-6-11)13-8-20-14-4-2-1-3-12(13)14/h1-4,8,10-11,20H,5-7,9H2/t10-/m0/s1. The Kier molecular flexibility index (Phi) is 3.41. The van der Waals surface area contributed by atoms with Crippen LogP contribution in [0, 0.1) is 5.92 Å². The largest absolute Gasteiger partial charge is 0.360 e. The molecule has 2 saturated carbocycles. The lowest BCUT2D eigenvalue weighted by atomic mass is 10.1. The van der Waals surface area contributed by atoms with Crippen LogP contribution in [0.2, 0.25) is 0 Å². The Morgan fingerprint density at radius 2 is 2.04 bits per heavy atom. The average molecular weight is 379 g/mol. The molecule has 5 rings (SSSR count). The van der Waals surface area contributed by atoms with Gasteiger partial charge in [0.05, 0.1) is 0 Å². The minimum atomic E-state index is -0.531. The summed E-state index contributed by atoms with van der Waals surface area (Å²) < 4.78 is 1.77. The normalized spacial score (nSPS) is 22.2. The van der Waals surface area contributed by atoms with Crippen molar-refractivity contribution in [2.24, 2.45) is 5.92 Å². The van der Waals surface area contributed by atoms with E-state index in [0.717, 1.165) is 34.2 Å². The molecule has 0 amide bonds. The van der Waals surface area contributed by atoms with Crippen molar-refractivity contribution >= 4 is 45.9 Å². The molecule has 2 aliphatic rings. The number of thioether (sulfide) groups is 1. The van der Waals surface area contributed by atoms with Gasteiger partial charge in [0.25, 0.3) is 0 Å². The molecule has 124 valence electrons. The maximum absolute atomic E-state index is 6.15. The van der Waals surface area contributed by atoms with Gasteiger partial charge in [-0.1, -0.05) is 30.0 Å². The molecule has 0 radical (unpaired) electrons. The van der Waals surface area contributed by atoms with E-state index in [1.807, 2.05) is 12.3 Å². The van der Waals surface area contributed by atoms with Crippen LogP contribution < -0.4 is 0 Å². The highest BCUT2D eigenvalue weighted by Crippen LogP contribution is 2.55. The Bertz CT molecular complexity index is 912. The minimum Gasteiger partial charge on any atom is -0.360 e.